The second kappa shape index (κ2) is 6.70. The van der Waals surface area contributed by atoms with Crippen molar-refractivity contribution < 1.29 is 13.5 Å². The van der Waals surface area contributed by atoms with Gasteiger partial charge in [0, 0.05) is 6.04 Å². The van der Waals surface area contributed by atoms with E-state index in [0.29, 0.717) is 12.3 Å². The third-order valence-corrected chi connectivity index (χ3v) is 5.23. The highest BCUT2D eigenvalue weighted by molar-refractivity contribution is 7.89. The van der Waals surface area contributed by atoms with Crippen LogP contribution in [0.3, 0.4) is 0 Å². The molecule has 2 atom stereocenters. The Balaban J connectivity index is 1.81. The van der Waals surface area contributed by atoms with Crippen LogP contribution in [-0.2, 0) is 16.4 Å². The summed E-state index contributed by atoms with van der Waals surface area (Å²) >= 11 is 0. The molecule has 0 aromatic heterocycles. The number of nitrogens with one attached hydrogen (secondary N) is 1. The Morgan fingerprint density at radius 3 is 2.55 bits per heavy atom. The van der Waals surface area contributed by atoms with Gasteiger partial charge in [-0.1, -0.05) is 43.2 Å². The van der Waals surface area contributed by atoms with Crippen LogP contribution in [0.4, 0.5) is 0 Å². The van der Waals surface area contributed by atoms with Gasteiger partial charge in [-0.3, -0.25) is 0 Å². The molecule has 2 rings (SSSR count). The first-order chi connectivity index (χ1) is 9.46. The van der Waals surface area contributed by atoms with Gasteiger partial charge in [-0.15, -0.1) is 0 Å². The molecule has 112 valence electrons. The quantitative estimate of drug-likeness (QED) is 0.767. The number of aliphatic hydroxyl groups excluding tert-OH is 1. The zero-order valence-electron chi connectivity index (χ0n) is 11.8. The minimum atomic E-state index is -3.28. The summed E-state index contributed by atoms with van der Waals surface area (Å²) in [5.41, 5.74) is 1.00. The summed E-state index contributed by atoms with van der Waals surface area (Å²) in [5.74, 6) is 0.760. The second-order valence-corrected chi connectivity index (χ2v) is 7.59. The van der Waals surface area contributed by atoms with Crippen molar-refractivity contribution >= 4 is 10.0 Å². The van der Waals surface area contributed by atoms with E-state index in [-0.39, 0.29) is 5.75 Å². The summed E-state index contributed by atoms with van der Waals surface area (Å²) in [6, 6.07) is 9.12. The van der Waals surface area contributed by atoms with Crippen molar-refractivity contribution in [1.82, 2.24) is 4.72 Å². The molecular formula is C15H23NO3S. The summed E-state index contributed by atoms with van der Waals surface area (Å²) < 4.78 is 26.4. The summed E-state index contributed by atoms with van der Waals surface area (Å²) in [4.78, 5) is 0. The average molecular weight is 297 g/mol. The first-order valence-corrected chi connectivity index (χ1v) is 8.83. The lowest BCUT2D eigenvalue weighted by molar-refractivity contribution is 0.144. The Hall–Kier alpha value is -0.910. The van der Waals surface area contributed by atoms with E-state index in [4.69, 9.17) is 0 Å². The second-order valence-electron chi connectivity index (χ2n) is 5.71. The molecule has 0 saturated heterocycles. The van der Waals surface area contributed by atoms with Gasteiger partial charge in [0.25, 0.3) is 0 Å². The van der Waals surface area contributed by atoms with Crippen LogP contribution in [0.25, 0.3) is 0 Å². The molecular weight excluding hydrogens is 274 g/mol. The molecule has 0 radical (unpaired) electrons. The Bertz CT molecular complexity index is 511. The maximum absolute atomic E-state index is 11.9. The predicted octanol–water partition coefficient (Wildman–Crippen LogP) is 1.70. The van der Waals surface area contributed by atoms with Crippen LogP contribution >= 0.6 is 0 Å². The van der Waals surface area contributed by atoms with E-state index < -0.39 is 22.2 Å². The van der Waals surface area contributed by atoms with Gasteiger partial charge in [0.1, 0.15) is 0 Å². The van der Waals surface area contributed by atoms with Crippen LogP contribution in [-0.4, -0.2) is 31.4 Å². The van der Waals surface area contributed by atoms with E-state index >= 15 is 0 Å². The molecule has 2 N–H and O–H groups in total. The fraction of sp³-hybridized carbons (Fsp3) is 0.600. The van der Waals surface area contributed by atoms with Gasteiger partial charge in [0.05, 0.1) is 11.9 Å². The highest BCUT2D eigenvalue weighted by Gasteiger charge is 2.26. The van der Waals surface area contributed by atoms with Crippen molar-refractivity contribution in [1.29, 1.82) is 0 Å². The largest absolute Gasteiger partial charge is 0.391 e. The SMILES string of the molecule is CC(NS(=O)(=O)CCC1CC1)C(O)Cc1ccccc1. The monoisotopic (exact) mass is 297 g/mol. The van der Waals surface area contributed by atoms with E-state index in [0.717, 1.165) is 24.8 Å². The van der Waals surface area contributed by atoms with Crippen molar-refractivity contribution in [2.24, 2.45) is 5.92 Å². The van der Waals surface area contributed by atoms with Crippen LogP contribution < -0.4 is 4.72 Å². The van der Waals surface area contributed by atoms with Crippen LogP contribution in [0.5, 0.6) is 0 Å². The molecule has 1 saturated carbocycles. The normalized spacial score (nSPS) is 18.7. The molecule has 0 amide bonds. The van der Waals surface area contributed by atoms with Crippen LogP contribution in [0.15, 0.2) is 30.3 Å². The van der Waals surface area contributed by atoms with Gasteiger partial charge >= 0.3 is 0 Å². The van der Waals surface area contributed by atoms with Gasteiger partial charge in [-0.05, 0) is 31.2 Å². The first-order valence-electron chi connectivity index (χ1n) is 7.18. The van der Waals surface area contributed by atoms with Crippen LogP contribution in [0.1, 0.15) is 31.7 Å². The number of hydrogen-bond donors (Lipinski definition) is 2. The maximum Gasteiger partial charge on any atom is 0.211 e. The molecule has 2 unspecified atom stereocenters. The summed E-state index contributed by atoms with van der Waals surface area (Å²) in [6.07, 6.45) is 2.78. The molecule has 0 aliphatic heterocycles. The number of rotatable bonds is 8. The summed E-state index contributed by atoms with van der Waals surface area (Å²) in [7, 11) is -3.28. The number of aliphatic hydroxyl groups is 1. The number of hydrogen-bond acceptors (Lipinski definition) is 3. The summed E-state index contributed by atoms with van der Waals surface area (Å²) in [5, 5.41) is 10.1. The van der Waals surface area contributed by atoms with Gasteiger partial charge in [-0.25, -0.2) is 13.1 Å². The number of sulfonamides is 1. The Morgan fingerprint density at radius 1 is 1.30 bits per heavy atom. The predicted molar refractivity (Wildman–Crippen MR) is 79.9 cm³/mol. The first kappa shape index (κ1) is 15.5. The molecule has 1 aliphatic rings. The van der Waals surface area contributed by atoms with Crippen molar-refractivity contribution in [2.45, 2.75) is 44.8 Å². The molecule has 1 aliphatic carbocycles. The third kappa shape index (κ3) is 5.23. The van der Waals surface area contributed by atoms with Crippen LogP contribution in [0, 0.1) is 5.92 Å². The third-order valence-electron chi connectivity index (χ3n) is 3.72. The van der Waals surface area contributed by atoms with Crippen molar-refractivity contribution in [2.75, 3.05) is 5.75 Å². The molecule has 1 aromatic carbocycles. The van der Waals surface area contributed by atoms with Crippen molar-refractivity contribution in [3.63, 3.8) is 0 Å². The average Bonchev–Trinajstić information content (AvgIpc) is 3.21. The zero-order valence-corrected chi connectivity index (χ0v) is 12.6. The maximum atomic E-state index is 11.9. The Morgan fingerprint density at radius 2 is 1.95 bits per heavy atom. The lowest BCUT2D eigenvalue weighted by atomic mass is 10.0. The minimum Gasteiger partial charge on any atom is -0.391 e. The molecule has 20 heavy (non-hydrogen) atoms. The van der Waals surface area contributed by atoms with Crippen molar-refractivity contribution in [3.8, 4) is 0 Å². The van der Waals surface area contributed by atoms with Gasteiger partial charge < -0.3 is 5.11 Å². The van der Waals surface area contributed by atoms with E-state index in [1.807, 2.05) is 30.3 Å². The zero-order chi connectivity index (χ0) is 14.6. The van der Waals surface area contributed by atoms with E-state index in [9.17, 15) is 13.5 Å². The van der Waals surface area contributed by atoms with Crippen LogP contribution in [0.2, 0.25) is 0 Å². The van der Waals surface area contributed by atoms with E-state index in [2.05, 4.69) is 4.72 Å². The molecule has 5 heteroatoms. The minimum absolute atomic E-state index is 0.167. The lowest BCUT2D eigenvalue weighted by Gasteiger charge is -2.20. The fourth-order valence-corrected chi connectivity index (χ4v) is 3.67. The topological polar surface area (TPSA) is 66.4 Å². The van der Waals surface area contributed by atoms with Gasteiger partial charge in [0.2, 0.25) is 10.0 Å². The standard InChI is InChI=1S/C15H23NO3S/c1-12(15(17)11-14-5-3-2-4-6-14)16-20(18,19)10-9-13-7-8-13/h2-6,12-13,15-17H,7-11H2,1H3. The lowest BCUT2D eigenvalue weighted by Crippen LogP contribution is -2.43. The van der Waals surface area contributed by atoms with E-state index in [1.165, 1.54) is 0 Å². The smallest absolute Gasteiger partial charge is 0.211 e. The Labute approximate surface area is 121 Å². The molecule has 1 fully saturated rings. The Kier molecular flexibility index (Phi) is 5.18. The van der Waals surface area contributed by atoms with Gasteiger partial charge in [0.15, 0.2) is 0 Å². The van der Waals surface area contributed by atoms with Crippen molar-refractivity contribution in [3.05, 3.63) is 35.9 Å². The highest BCUT2D eigenvalue weighted by Crippen LogP contribution is 2.32. The number of benzene rings is 1. The molecule has 0 heterocycles. The molecule has 0 bridgehead atoms. The highest BCUT2D eigenvalue weighted by atomic mass is 32.2. The fourth-order valence-electron chi connectivity index (χ4n) is 2.18. The molecule has 4 nitrogen and oxygen atoms in total. The van der Waals surface area contributed by atoms with Gasteiger partial charge in [-0.2, -0.15) is 0 Å². The summed E-state index contributed by atoms with van der Waals surface area (Å²) in [6.45, 7) is 1.71. The molecule has 0 spiro atoms. The molecule has 1 aromatic rings. The van der Waals surface area contributed by atoms with E-state index in [1.54, 1.807) is 6.92 Å².